The summed E-state index contributed by atoms with van der Waals surface area (Å²) in [5.41, 5.74) is 3.02. The molecule has 1 rings (SSSR count). The van der Waals surface area contributed by atoms with Gasteiger partial charge >= 0.3 is 6.03 Å². The second-order valence-electron chi connectivity index (χ2n) is 4.21. The Kier molecular flexibility index (Phi) is 4.24. The Morgan fingerprint density at radius 1 is 1.38 bits per heavy atom. The molecule has 0 aromatic heterocycles. The van der Waals surface area contributed by atoms with Gasteiger partial charge in [-0.3, -0.25) is 0 Å². The molecular weight excluding hydrogens is 220 g/mol. The Hall–Kier alpha value is -1.16. The molecule has 0 bridgehead atoms. The number of aryl methyl sites for hydroxylation is 2. The van der Waals surface area contributed by atoms with E-state index < -0.39 is 0 Å². The topological polar surface area (TPSA) is 32.3 Å². The molecule has 0 saturated heterocycles. The number of carbonyl (C=O) groups excluding carboxylic acids is 1. The van der Waals surface area contributed by atoms with Crippen LogP contribution in [0.15, 0.2) is 18.2 Å². The Labute approximate surface area is 102 Å². The zero-order valence-electron chi connectivity index (χ0n) is 10.1. The number of hydrogen-bond acceptors (Lipinski definition) is 2. The van der Waals surface area contributed by atoms with Crippen LogP contribution >= 0.6 is 12.8 Å². The quantitative estimate of drug-likeness (QED) is 0.763. The number of thiol groups is 1. The van der Waals surface area contributed by atoms with Crippen molar-refractivity contribution in [2.75, 3.05) is 4.31 Å². The van der Waals surface area contributed by atoms with Crippen LogP contribution in [-0.4, -0.2) is 12.1 Å². The lowest BCUT2D eigenvalue weighted by molar-refractivity contribution is 0.247. The number of rotatable bonds is 2. The van der Waals surface area contributed by atoms with E-state index >= 15 is 0 Å². The predicted molar refractivity (Wildman–Crippen MR) is 71.0 cm³/mol. The standard InChI is InChI=1S/C12H18N2OS/c1-8(2)13-12(15)14(16)11-6-5-9(3)7-10(11)4/h5-8,16H,1-4H3,(H,13,15). The highest BCUT2D eigenvalue weighted by Crippen LogP contribution is 2.22. The average molecular weight is 238 g/mol. The average Bonchev–Trinajstić information content (AvgIpc) is 2.15. The van der Waals surface area contributed by atoms with Gasteiger partial charge < -0.3 is 5.32 Å². The van der Waals surface area contributed by atoms with E-state index in [9.17, 15) is 4.79 Å². The molecule has 2 amide bonds. The molecule has 0 heterocycles. The smallest absolute Gasteiger partial charge is 0.332 e. The summed E-state index contributed by atoms with van der Waals surface area (Å²) in [4.78, 5) is 11.7. The maximum Gasteiger partial charge on any atom is 0.332 e. The highest BCUT2D eigenvalue weighted by molar-refractivity contribution is 7.82. The molecule has 0 unspecified atom stereocenters. The highest BCUT2D eigenvalue weighted by Gasteiger charge is 2.14. The monoisotopic (exact) mass is 238 g/mol. The number of anilines is 1. The van der Waals surface area contributed by atoms with Crippen molar-refractivity contribution in [2.45, 2.75) is 33.7 Å². The zero-order chi connectivity index (χ0) is 12.3. The third-order valence-electron chi connectivity index (χ3n) is 2.19. The van der Waals surface area contributed by atoms with E-state index in [0.717, 1.165) is 11.3 Å². The maximum atomic E-state index is 11.7. The van der Waals surface area contributed by atoms with E-state index in [1.165, 1.54) is 9.87 Å². The molecule has 3 nitrogen and oxygen atoms in total. The first-order valence-corrected chi connectivity index (χ1v) is 5.68. The molecule has 1 N–H and O–H groups in total. The number of benzene rings is 1. The van der Waals surface area contributed by atoms with Crippen molar-refractivity contribution >= 4 is 24.5 Å². The van der Waals surface area contributed by atoms with Crippen LogP contribution in [0.3, 0.4) is 0 Å². The van der Waals surface area contributed by atoms with Crippen molar-refractivity contribution in [2.24, 2.45) is 0 Å². The molecule has 88 valence electrons. The maximum absolute atomic E-state index is 11.7. The molecule has 0 fully saturated rings. The SMILES string of the molecule is Cc1ccc(N(S)C(=O)NC(C)C)c(C)c1. The van der Waals surface area contributed by atoms with Crippen LogP contribution in [0.5, 0.6) is 0 Å². The van der Waals surface area contributed by atoms with Crippen molar-refractivity contribution in [3.8, 4) is 0 Å². The molecule has 0 aliphatic carbocycles. The van der Waals surface area contributed by atoms with Crippen LogP contribution in [0.4, 0.5) is 10.5 Å². The molecule has 0 spiro atoms. The second kappa shape index (κ2) is 5.25. The van der Waals surface area contributed by atoms with E-state index in [2.05, 4.69) is 18.1 Å². The van der Waals surface area contributed by atoms with E-state index in [4.69, 9.17) is 0 Å². The second-order valence-corrected chi connectivity index (χ2v) is 4.61. The third-order valence-corrected chi connectivity index (χ3v) is 2.58. The summed E-state index contributed by atoms with van der Waals surface area (Å²) in [5, 5.41) is 2.79. The predicted octanol–water partition coefficient (Wildman–Crippen LogP) is 3.07. The molecule has 0 saturated carbocycles. The summed E-state index contributed by atoms with van der Waals surface area (Å²) in [5.74, 6) is 0. The van der Waals surface area contributed by atoms with E-state index in [1.54, 1.807) is 0 Å². The van der Waals surface area contributed by atoms with Gasteiger partial charge in [-0.25, -0.2) is 9.10 Å². The zero-order valence-corrected chi connectivity index (χ0v) is 11.0. The lowest BCUT2D eigenvalue weighted by Crippen LogP contribution is -2.38. The minimum absolute atomic E-state index is 0.105. The number of urea groups is 1. The summed E-state index contributed by atoms with van der Waals surface area (Å²) < 4.78 is 1.34. The lowest BCUT2D eigenvalue weighted by Gasteiger charge is -2.20. The lowest BCUT2D eigenvalue weighted by atomic mass is 10.1. The van der Waals surface area contributed by atoms with Crippen LogP contribution in [0, 0.1) is 13.8 Å². The molecule has 0 aliphatic heterocycles. The minimum atomic E-state index is -0.203. The van der Waals surface area contributed by atoms with Crippen LogP contribution in [0.25, 0.3) is 0 Å². The first-order valence-electron chi connectivity index (χ1n) is 5.28. The van der Waals surface area contributed by atoms with Crippen molar-refractivity contribution in [3.05, 3.63) is 29.3 Å². The van der Waals surface area contributed by atoms with Crippen LogP contribution in [0.2, 0.25) is 0 Å². The normalized spacial score (nSPS) is 10.4. The van der Waals surface area contributed by atoms with Gasteiger partial charge in [-0.2, -0.15) is 0 Å². The highest BCUT2D eigenvalue weighted by atomic mass is 32.1. The van der Waals surface area contributed by atoms with Gasteiger partial charge in [0.25, 0.3) is 0 Å². The van der Waals surface area contributed by atoms with Gasteiger partial charge in [-0.1, -0.05) is 30.5 Å². The summed E-state index contributed by atoms with van der Waals surface area (Å²) in [6.45, 7) is 7.82. The van der Waals surface area contributed by atoms with E-state index in [0.29, 0.717) is 0 Å². The Bertz CT molecular complexity index is 391. The fourth-order valence-corrected chi connectivity index (χ4v) is 1.74. The molecule has 16 heavy (non-hydrogen) atoms. The Balaban J connectivity index is 2.87. The summed E-state index contributed by atoms with van der Waals surface area (Å²) in [6.07, 6.45) is 0. The van der Waals surface area contributed by atoms with Gasteiger partial charge in [0.2, 0.25) is 0 Å². The van der Waals surface area contributed by atoms with Crippen LogP contribution in [0.1, 0.15) is 25.0 Å². The summed E-state index contributed by atoms with van der Waals surface area (Å²) in [6, 6.07) is 5.80. The first kappa shape index (κ1) is 12.9. The number of nitrogens with zero attached hydrogens (tertiary/aromatic N) is 1. The summed E-state index contributed by atoms with van der Waals surface area (Å²) in [7, 11) is 0. The van der Waals surface area contributed by atoms with Gasteiger partial charge in [-0.15, -0.1) is 0 Å². The summed E-state index contributed by atoms with van der Waals surface area (Å²) >= 11 is 4.21. The molecular formula is C12H18N2OS. The van der Waals surface area contributed by atoms with Crippen molar-refractivity contribution in [3.63, 3.8) is 0 Å². The number of hydrogen-bond donors (Lipinski definition) is 2. The van der Waals surface area contributed by atoms with E-state index in [1.807, 2.05) is 45.9 Å². The molecule has 1 aromatic rings. The number of carbonyl (C=O) groups is 1. The third kappa shape index (κ3) is 3.17. The van der Waals surface area contributed by atoms with Gasteiger partial charge in [-0.05, 0) is 39.3 Å². The van der Waals surface area contributed by atoms with Gasteiger partial charge in [0.1, 0.15) is 0 Å². The van der Waals surface area contributed by atoms with Crippen LogP contribution in [-0.2, 0) is 0 Å². The van der Waals surface area contributed by atoms with Crippen LogP contribution < -0.4 is 9.62 Å². The van der Waals surface area contributed by atoms with Gasteiger partial charge in [0.15, 0.2) is 0 Å². The Morgan fingerprint density at radius 2 is 2.00 bits per heavy atom. The Morgan fingerprint density at radius 3 is 2.50 bits per heavy atom. The molecule has 1 aromatic carbocycles. The fourth-order valence-electron chi connectivity index (χ4n) is 1.46. The van der Waals surface area contributed by atoms with Crippen molar-refractivity contribution < 1.29 is 4.79 Å². The number of nitrogens with one attached hydrogen (secondary N) is 1. The van der Waals surface area contributed by atoms with Crippen molar-refractivity contribution in [1.29, 1.82) is 0 Å². The molecule has 0 aliphatic rings. The largest absolute Gasteiger partial charge is 0.335 e. The molecule has 4 heteroatoms. The molecule has 0 radical (unpaired) electrons. The van der Waals surface area contributed by atoms with Crippen molar-refractivity contribution in [1.82, 2.24) is 5.32 Å². The minimum Gasteiger partial charge on any atom is -0.335 e. The fraction of sp³-hybridized carbons (Fsp3) is 0.417. The van der Waals surface area contributed by atoms with Gasteiger partial charge in [0.05, 0.1) is 5.69 Å². The van der Waals surface area contributed by atoms with E-state index in [-0.39, 0.29) is 12.1 Å². The van der Waals surface area contributed by atoms with Gasteiger partial charge in [0, 0.05) is 6.04 Å². The first-order chi connectivity index (χ1) is 7.41. The molecule has 0 atom stereocenters. The number of amides is 2.